The summed E-state index contributed by atoms with van der Waals surface area (Å²) in [7, 11) is 3.33. The van der Waals surface area contributed by atoms with Crippen molar-refractivity contribution in [2.24, 2.45) is 0 Å². The molecule has 0 atom stereocenters. The molecule has 2 N–H and O–H groups in total. The van der Waals surface area contributed by atoms with Crippen LogP contribution in [0.5, 0.6) is 11.5 Å². The van der Waals surface area contributed by atoms with Gasteiger partial charge in [0.15, 0.2) is 0 Å². The molecule has 1 aromatic heterocycles. The average Bonchev–Trinajstić information content (AvgIpc) is 2.59. The second kappa shape index (κ2) is 8.04. The fourth-order valence-corrected chi connectivity index (χ4v) is 2.74. The van der Waals surface area contributed by atoms with E-state index in [0.717, 1.165) is 42.4 Å². The molecule has 0 radical (unpaired) electrons. The van der Waals surface area contributed by atoms with E-state index in [-0.39, 0.29) is 12.4 Å². The minimum Gasteiger partial charge on any atom is -0.497 e. The minimum atomic E-state index is 0. The smallest absolute Gasteiger partial charge is 0.129 e. The lowest BCUT2D eigenvalue weighted by atomic mass is 10.0. The molecule has 2 heterocycles. The zero-order valence-corrected chi connectivity index (χ0v) is 14.2. The Morgan fingerprint density at radius 1 is 1.22 bits per heavy atom. The summed E-state index contributed by atoms with van der Waals surface area (Å²) in [5.41, 5.74) is 3.72. The lowest BCUT2D eigenvalue weighted by Crippen LogP contribution is -2.25. The standard InChI is InChI=1S/C17H21N3O2.ClH/c1-21-14-4-3-13(16(9-14)22-2)11-20-17-15-6-7-18-10-12(15)5-8-19-17;/h3-5,8-9,18H,6-7,10-11H2,1-2H3,(H,19,20);1H. The Morgan fingerprint density at radius 2 is 2.09 bits per heavy atom. The van der Waals surface area contributed by atoms with Crippen LogP contribution in [0.2, 0.25) is 0 Å². The van der Waals surface area contributed by atoms with Crippen molar-refractivity contribution in [1.29, 1.82) is 0 Å². The van der Waals surface area contributed by atoms with Crippen LogP contribution in [0, 0.1) is 0 Å². The fraction of sp³-hybridized carbons (Fsp3) is 0.353. The first kappa shape index (κ1) is 17.4. The quantitative estimate of drug-likeness (QED) is 0.880. The normalized spacial score (nSPS) is 12.8. The summed E-state index contributed by atoms with van der Waals surface area (Å²) in [6.45, 7) is 2.58. The maximum absolute atomic E-state index is 5.44. The van der Waals surface area contributed by atoms with E-state index in [1.165, 1.54) is 11.1 Å². The van der Waals surface area contributed by atoms with Crippen LogP contribution in [0.4, 0.5) is 5.82 Å². The molecule has 0 amide bonds. The molecule has 0 fully saturated rings. The Labute approximate surface area is 142 Å². The highest BCUT2D eigenvalue weighted by molar-refractivity contribution is 5.85. The number of fused-ring (bicyclic) bond motifs is 1. The molecular weight excluding hydrogens is 314 g/mol. The fourth-order valence-electron chi connectivity index (χ4n) is 2.74. The number of benzene rings is 1. The molecule has 1 aliphatic heterocycles. The first-order valence-corrected chi connectivity index (χ1v) is 7.44. The lowest BCUT2D eigenvalue weighted by molar-refractivity contribution is 0.391. The number of anilines is 1. The zero-order valence-electron chi connectivity index (χ0n) is 13.4. The largest absolute Gasteiger partial charge is 0.497 e. The Bertz CT molecular complexity index is 664. The first-order valence-electron chi connectivity index (χ1n) is 7.44. The number of ether oxygens (including phenoxy) is 2. The van der Waals surface area contributed by atoms with Gasteiger partial charge < -0.3 is 20.1 Å². The Balaban J connectivity index is 0.00000192. The molecule has 2 aromatic rings. The summed E-state index contributed by atoms with van der Waals surface area (Å²) in [5, 5.41) is 6.82. The second-order valence-electron chi connectivity index (χ2n) is 5.26. The summed E-state index contributed by atoms with van der Waals surface area (Å²) >= 11 is 0. The van der Waals surface area contributed by atoms with E-state index in [9.17, 15) is 0 Å². The Hall–Kier alpha value is -1.98. The second-order valence-corrected chi connectivity index (χ2v) is 5.26. The maximum atomic E-state index is 5.44. The molecule has 0 saturated carbocycles. The zero-order chi connectivity index (χ0) is 15.4. The van der Waals surface area contributed by atoms with Crippen LogP contribution >= 0.6 is 12.4 Å². The molecule has 0 spiro atoms. The molecule has 6 heteroatoms. The molecule has 124 valence electrons. The van der Waals surface area contributed by atoms with E-state index >= 15 is 0 Å². The highest BCUT2D eigenvalue weighted by atomic mass is 35.5. The average molecular weight is 336 g/mol. The summed E-state index contributed by atoms with van der Waals surface area (Å²) in [6, 6.07) is 7.94. The van der Waals surface area contributed by atoms with E-state index in [1.54, 1.807) is 14.2 Å². The highest BCUT2D eigenvalue weighted by Gasteiger charge is 2.14. The van der Waals surface area contributed by atoms with Crippen molar-refractivity contribution in [1.82, 2.24) is 10.3 Å². The van der Waals surface area contributed by atoms with Crippen molar-refractivity contribution in [2.45, 2.75) is 19.5 Å². The van der Waals surface area contributed by atoms with E-state index in [1.807, 2.05) is 24.4 Å². The summed E-state index contributed by atoms with van der Waals surface area (Å²) < 4.78 is 10.7. The van der Waals surface area contributed by atoms with E-state index < -0.39 is 0 Å². The van der Waals surface area contributed by atoms with Crippen molar-refractivity contribution in [3.05, 3.63) is 47.2 Å². The SMILES string of the molecule is COc1ccc(CNc2nccc3c2CCNC3)c(OC)c1.Cl. The van der Waals surface area contributed by atoms with Gasteiger partial charge in [0.1, 0.15) is 17.3 Å². The molecule has 0 aliphatic carbocycles. The van der Waals surface area contributed by atoms with Gasteiger partial charge in [0.05, 0.1) is 14.2 Å². The number of nitrogens with zero attached hydrogens (tertiary/aromatic N) is 1. The van der Waals surface area contributed by atoms with Gasteiger partial charge in [0.25, 0.3) is 0 Å². The Morgan fingerprint density at radius 3 is 2.87 bits per heavy atom. The van der Waals surface area contributed by atoms with Crippen LogP contribution in [0.1, 0.15) is 16.7 Å². The monoisotopic (exact) mass is 335 g/mol. The number of nitrogens with one attached hydrogen (secondary N) is 2. The number of hydrogen-bond acceptors (Lipinski definition) is 5. The molecule has 0 bridgehead atoms. The van der Waals surface area contributed by atoms with Crippen molar-refractivity contribution < 1.29 is 9.47 Å². The van der Waals surface area contributed by atoms with Crippen molar-refractivity contribution in [3.8, 4) is 11.5 Å². The van der Waals surface area contributed by atoms with Crippen LogP contribution in [0.3, 0.4) is 0 Å². The molecule has 3 rings (SSSR count). The van der Waals surface area contributed by atoms with Crippen LogP contribution in [-0.4, -0.2) is 25.7 Å². The number of aromatic nitrogens is 1. The number of halogens is 1. The van der Waals surface area contributed by atoms with Gasteiger partial charge in [-0.3, -0.25) is 0 Å². The van der Waals surface area contributed by atoms with Gasteiger partial charge in [0, 0.05) is 36.5 Å². The van der Waals surface area contributed by atoms with Crippen molar-refractivity contribution in [2.75, 3.05) is 26.1 Å². The summed E-state index contributed by atoms with van der Waals surface area (Å²) in [4.78, 5) is 4.49. The molecular formula is C17H22ClN3O2. The van der Waals surface area contributed by atoms with Crippen LogP contribution < -0.4 is 20.1 Å². The lowest BCUT2D eigenvalue weighted by Gasteiger charge is -2.20. The third-order valence-corrected chi connectivity index (χ3v) is 3.96. The number of pyridine rings is 1. The molecule has 23 heavy (non-hydrogen) atoms. The van der Waals surface area contributed by atoms with Gasteiger partial charge in [-0.2, -0.15) is 0 Å². The van der Waals surface area contributed by atoms with Gasteiger partial charge >= 0.3 is 0 Å². The molecule has 5 nitrogen and oxygen atoms in total. The number of hydrogen-bond donors (Lipinski definition) is 2. The van der Waals surface area contributed by atoms with Gasteiger partial charge in [-0.15, -0.1) is 12.4 Å². The molecule has 0 saturated heterocycles. The van der Waals surface area contributed by atoms with Gasteiger partial charge in [0.2, 0.25) is 0 Å². The summed E-state index contributed by atoms with van der Waals surface area (Å²) in [6.07, 6.45) is 2.87. The third kappa shape index (κ3) is 3.86. The minimum absolute atomic E-state index is 0. The van der Waals surface area contributed by atoms with Crippen molar-refractivity contribution in [3.63, 3.8) is 0 Å². The Kier molecular flexibility index (Phi) is 6.07. The predicted octanol–water partition coefficient (Wildman–Crippen LogP) is 2.78. The highest BCUT2D eigenvalue weighted by Crippen LogP contribution is 2.26. The number of methoxy groups -OCH3 is 2. The number of rotatable bonds is 5. The molecule has 0 unspecified atom stereocenters. The predicted molar refractivity (Wildman–Crippen MR) is 93.8 cm³/mol. The van der Waals surface area contributed by atoms with Gasteiger partial charge in [-0.1, -0.05) is 0 Å². The maximum Gasteiger partial charge on any atom is 0.129 e. The van der Waals surface area contributed by atoms with Crippen molar-refractivity contribution >= 4 is 18.2 Å². The van der Waals surface area contributed by atoms with Crippen LogP contribution in [0.15, 0.2) is 30.5 Å². The topological polar surface area (TPSA) is 55.4 Å². The molecule has 1 aliphatic rings. The molecule has 1 aromatic carbocycles. The van der Waals surface area contributed by atoms with Gasteiger partial charge in [-0.25, -0.2) is 4.98 Å². The third-order valence-electron chi connectivity index (χ3n) is 3.96. The van der Waals surface area contributed by atoms with Crippen LogP contribution in [-0.2, 0) is 19.5 Å². The van der Waals surface area contributed by atoms with E-state index in [4.69, 9.17) is 9.47 Å². The van der Waals surface area contributed by atoms with E-state index in [2.05, 4.69) is 21.7 Å². The summed E-state index contributed by atoms with van der Waals surface area (Å²) in [5.74, 6) is 2.58. The van der Waals surface area contributed by atoms with Crippen LogP contribution in [0.25, 0.3) is 0 Å². The van der Waals surface area contributed by atoms with E-state index in [0.29, 0.717) is 6.54 Å². The van der Waals surface area contributed by atoms with Gasteiger partial charge in [-0.05, 0) is 36.7 Å². The first-order chi connectivity index (χ1) is 10.8.